The Kier molecular flexibility index (Phi) is 4.71. The van der Waals surface area contributed by atoms with Crippen LogP contribution in [0.1, 0.15) is 27.3 Å². The van der Waals surface area contributed by atoms with E-state index < -0.39 is 17.5 Å². The highest BCUT2D eigenvalue weighted by molar-refractivity contribution is 6.46. The van der Waals surface area contributed by atoms with Crippen LogP contribution in [0, 0.1) is 26.6 Å². The number of amides is 1. The van der Waals surface area contributed by atoms with Crippen molar-refractivity contribution in [2.45, 2.75) is 20.8 Å². The van der Waals surface area contributed by atoms with Gasteiger partial charge >= 0.3 is 0 Å². The third kappa shape index (κ3) is 3.16. The van der Waals surface area contributed by atoms with E-state index in [2.05, 4.69) is 5.32 Å². The molecule has 26 heavy (non-hydrogen) atoms. The van der Waals surface area contributed by atoms with Crippen LogP contribution in [-0.2, 0) is 4.79 Å². The average Bonchev–Trinajstić information content (AvgIpc) is 2.91. The second-order valence-corrected chi connectivity index (χ2v) is 6.17. The quantitative estimate of drug-likeness (QED) is 0.561. The van der Waals surface area contributed by atoms with Gasteiger partial charge in [0.05, 0.1) is 5.69 Å². The highest BCUT2D eigenvalue weighted by atomic mass is 19.1. The molecule has 1 amide bonds. The number of carbonyl (C=O) groups excluding carboxylic acids is 2. The molecule has 2 aromatic carbocycles. The third-order valence-corrected chi connectivity index (χ3v) is 4.37. The molecule has 0 saturated heterocycles. The SMILES string of the molecule is Cc1ccccc1NC(=O)C(=O)c1cc(C)n(-c2ccccc2F)c1C. The second-order valence-electron chi connectivity index (χ2n) is 6.17. The molecule has 0 saturated carbocycles. The largest absolute Gasteiger partial charge is 0.319 e. The standard InChI is InChI=1S/C21H19FN2O2/c1-13-8-4-6-10-18(13)23-21(26)20(25)16-12-14(2)24(15(16)3)19-11-7-5-9-17(19)22/h4-12H,1-3H3,(H,23,26). The van der Waals surface area contributed by atoms with Crippen molar-refractivity contribution < 1.29 is 14.0 Å². The van der Waals surface area contributed by atoms with E-state index in [-0.39, 0.29) is 5.56 Å². The predicted molar refractivity (Wildman–Crippen MR) is 99.3 cm³/mol. The van der Waals surface area contributed by atoms with Gasteiger partial charge in [-0.25, -0.2) is 4.39 Å². The molecule has 1 heterocycles. The van der Waals surface area contributed by atoms with Crippen LogP contribution in [0.15, 0.2) is 54.6 Å². The molecule has 3 rings (SSSR count). The van der Waals surface area contributed by atoms with Gasteiger partial charge in [-0.1, -0.05) is 30.3 Å². The van der Waals surface area contributed by atoms with Crippen molar-refractivity contribution in [3.8, 4) is 5.69 Å². The molecular weight excluding hydrogens is 331 g/mol. The number of halogens is 1. The number of nitrogens with one attached hydrogen (secondary N) is 1. The zero-order valence-corrected chi connectivity index (χ0v) is 14.8. The molecule has 0 bridgehead atoms. The first-order chi connectivity index (χ1) is 12.4. The Morgan fingerprint density at radius 1 is 0.962 bits per heavy atom. The smallest absolute Gasteiger partial charge is 0.296 e. The van der Waals surface area contributed by atoms with Gasteiger partial charge in [0.2, 0.25) is 0 Å². The summed E-state index contributed by atoms with van der Waals surface area (Å²) in [4.78, 5) is 25.0. The summed E-state index contributed by atoms with van der Waals surface area (Å²) in [6.07, 6.45) is 0. The van der Waals surface area contributed by atoms with Crippen LogP contribution in [0.5, 0.6) is 0 Å². The maximum Gasteiger partial charge on any atom is 0.296 e. The fraction of sp³-hybridized carbons (Fsp3) is 0.143. The monoisotopic (exact) mass is 350 g/mol. The van der Waals surface area contributed by atoms with Crippen LogP contribution >= 0.6 is 0 Å². The summed E-state index contributed by atoms with van der Waals surface area (Å²) in [5.74, 6) is -1.75. The fourth-order valence-corrected chi connectivity index (χ4v) is 3.01. The van der Waals surface area contributed by atoms with Gasteiger partial charge in [0.1, 0.15) is 5.82 Å². The minimum absolute atomic E-state index is 0.261. The topological polar surface area (TPSA) is 51.1 Å². The maximum atomic E-state index is 14.2. The number of hydrogen-bond donors (Lipinski definition) is 1. The van der Waals surface area contributed by atoms with Crippen molar-refractivity contribution >= 4 is 17.4 Å². The zero-order chi connectivity index (χ0) is 18.8. The predicted octanol–water partition coefficient (Wildman–Crippen LogP) is 4.36. The first-order valence-corrected chi connectivity index (χ1v) is 8.25. The molecule has 1 aromatic heterocycles. The first kappa shape index (κ1) is 17.6. The summed E-state index contributed by atoms with van der Waals surface area (Å²) in [6.45, 7) is 5.33. The Morgan fingerprint density at radius 2 is 1.62 bits per heavy atom. The van der Waals surface area contributed by atoms with Crippen LogP contribution < -0.4 is 5.32 Å². The summed E-state index contributed by atoms with van der Waals surface area (Å²) < 4.78 is 15.8. The van der Waals surface area contributed by atoms with Crippen LogP contribution in [-0.4, -0.2) is 16.3 Å². The first-order valence-electron chi connectivity index (χ1n) is 8.25. The Bertz CT molecular complexity index is 1000. The highest BCUT2D eigenvalue weighted by Crippen LogP contribution is 2.23. The van der Waals surface area contributed by atoms with Crippen molar-refractivity contribution in [3.63, 3.8) is 0 Å². The lowest BCUT2D eigenvalue weighted by atomic mass is 10.1. The van der Waals surface area contributed by atoms with Gasteiger partial charge in [-0.3, -0.25) is 9.59 Å². The summed E-state index contributed by atoms with van der Waals surface area (Å²) in [5.41, 5.74) is 3.27. The summed E-state index contributed by atoms with van der Waals surface area (Å²) in [6, 6.07) is 15.2. The van der Waals surface area contributed by atoms with Crippen molar-refractivity contribution in [3.05, 3.63) is 82.9 Å². The van der Waals surface area contributed by atoms with E-state index in [9.17, 15) is 14.0 Å². The lowest BCUT2D eigenvalue weighted by molar-refractivity contribution is -0.112. The van der Waals surface area contributed by atoms with E-state index >= 15 is 0 Å². The molecule has 3 aromatic rings. The molecule has 0 spiro atoms. The normalized spacial score (nSPS) is 10.6. The molecule has 1 N–H and O–H groups in total. The Morgan fingerprint density at radius 3 is 2.31 bits per heavy atom. The van der Waals surface area contributed by atoms with Crippen LogP contribution in [0.4, 0.5) is 10.1 Å². The Labute approximate surface area is 151 Å². The number of para-hydroxylation sites is 2. The number of benzene rings is 2. The van der Waals surface area contributed by atoms with Crippen LogP contribution in [0.25, 0.3) is 5.69 Å². The molecule has 0 atom stereocenters. The molecule has 0 unspecified atom stereocenters. The molecule has 5 heteroatoms. The molecule has 0 aliphatic carbocycles. The van der Waals surface area contributed by atoms with E-state index in [0.29, 0.717) is 22.8 Å². The van der Waals surface area contributed by atoms with Gasteiger partial charge in [0.25, 0.3) is 11.7 Å². The lowest BCUT2D eigenvalue weighted by Gasteiger charge is -2.11. The number of hydrogen-bond acceptors (Lipinski definition) is 2. The third-order valence-electron chi connectivity index (χ3n) is 4.37. The fourth-order valence-electron chi connectivity index (χ4n) is 3.01. The Balaban J connectivity index is 1.94. The van der Waals surface area contributed by atoms with E-state index in [0.717, 1.165) is 5.56 Å². The minimum atomic E-state index is -0.715. The van der Waals surface area contributed by atoms with Gasteiger partial charge in [0.15, 0.2) is 0 Å². The number of aryl methyl sites for hydroxylation is 2. The highest BCUT2D eigenvalue weighted by Gasteiger charge is 2.23. The second kappa shape index (κ2) is 6.96. The molecular formula is C21H19FN2O2. The summed E-state index contributed by atoms with van der Waals surface area (Å²) >= 11 is 0. The number of carbonyl (C=O) groups is 2. The van der Waals surface area contributed by atoms with Crippen molar-refractivity contribution in [1.29, 1.82) is 0 Å². The van der Waals surface area contributed by atoms with E-state index in [4.69, 9.17) is 0 Å². The average molecular weight is 350 g/mol. The number of aromatic nitrogens is 1. The van der Waals surface area contributed by atoms with E-state index in [1.54, 1.807) is 54.8 Å². The molecule has 0 fully saturated rings. The van der Waals surface area contributed by atoms with Gasteiger partial charge in [-0.2, -0.15) is 0 Å². The number of rotatable bonds is 4. The molecule has 0 radical (unpaired) electrons. The van der Waals surface area contributed by atoms with Crippen LogP contribution in [0.3, 0.4) is 0 Å². The van der Waals surface area contributed by atoms with Gasteiger partial charge < -0.3 is 9.88 Å². The Hall–Kier alpha value is -3.21. The number of ketones is 1. The number of nitrogens with zero attached hydrogens (tertiary/aromatic N) is 1. The van der Waals surface area contributed by atoms with Gasteiger partial charge in [0, 0.05) is 22.6 Å². The van der Waals surface area contributed by atoms with Gasteiger partial charge in [-0.05, 0) is 50.6 Å². The van der Waals surface area contributed by atoms with Crippen molar-refractivity contribution in [2.75, 3.05) is 5.32 Å². The molecule has 0 aliphatic heterocycles. The number of Topliss-reactive ketones (excluding diaryl/α,β-unsaturated/α-hetero) is 1. The summed E-state index contributed by atoms with van der Waals surface area (Å²) in [5, 5.41) is 2.64. The van der Waals surface area contributed by atoms with Crippen LogP contribution in [0.2, 0.25) is 0 Å². The molecule has 0 aliphatic rings. The minimum Gasteiger partial charge on any atom is -0.319 e. The lowest BCUT2D eigenvalue weighted by Crippen LogP contribution is -2.23. The summed E-state index contributed by atoms with van der Waals surface area (Å²) in [7, 11) is 0. The number of anilines is 1. The maximum absolute atomic E-state index is 14.2. The van der Waals surface area contributed by atoms with Gasteiger partial charge in [-0.15, -0.1) is 0 Å². The van der Waals surface area contributed by atoms with E-state index in [1.165, 1.54) is 6.07 Å². The van der Waals surface area contributed by atoms with Crippen molar-refractivity contribution in [2.24, 2.45) is 0 Å². The molecule has 4 nitrogen and oxygen atoms in total. The zero-order valence-electron chi connectivity index (χ0n) is 14.8. The van der Waals surface area contributed by atoms with Crippen molar-refractivity contribution in [1.82, 2.24) is 4.57 Å². The van der Waals surface area contributed by atoms with E-state index in [1.807, 2.05) is 19.1 Å². The molecule has 132 valence electrons.